The Hall–Kier alpha value is -2.58. The average molecular weight is 419 g/mol. The molecule has 1 fully saturated rings. The summed E-state index contributed by atoms with van der Waals surface area (Å²) in [6.45, 7) is 1.32. The summed E-state index contributed by atoms with van der Waals surface area (Å²) in [5.74, 6) is -0.408. The van der Waals surface area contributed by atoms with E-state index in [4.69, 9.17) is 9.47 Å². The number of carbonyl (C=O) groups is 1. The molecule has 156 valence electrons. The largest absolute Gasteiger partial charge is 0.497 e. The van der Waals surface area contributed by atoms with Crippen molar-refractivity contribution in [1.82, 2.24) is 4.90 Å². The van der Waals surface area contributed by atoms with E-state index in [9.17, 15) is 18.3 Å². The van der Waals surface area contributed by atoms with Gasteiger partial charge in [0.1, 0.15) is 16.4 Å². The molecular weight excluding hydrogens is 394 g/mol. The van der Waals surface area contributed by atoms with Crippen LogP contribution in [0.4, 0.5) is 0 Å². The zero-order valence-electron chi connectivity index (χ0n) is 16.5. The third-order valence-electron chi connectivity index (χ3n) is 5.47. The molecule has 0 bridgehead atoms. The molecule has 29 heavy (non-hydrogen) atoms. The Morgan fingerprint density at radius 1 is 1.07 bits per heavy atom. The fraction of sp³-hybridized carbons (Fsp3) is 0.381. The first-order valence-electron chi connectivity index (χ1n) is 9.30. The molecule has 1 N–H and O–H groups in total. The molecule has 0 saturated carbocycles. The summed E-state index contributed by atoms with van der Waals surface area (Å²) in [5.41, 5.74) is 1.03. The van der Waals surface area contributed by atoms with E-state index in [0.717, 1.165) is 11.3 Å². The molecule has 0 atom stereocenters. The van der Waals surface area contributed by atoms with Crippen LogP contribution in [0.25, 0.3) is 0 Å². The van der Waals surface area contributed by atoms with Gasteiger partial charge in [0.05, 0.1) is 14.2 Å². The summed E-state index contributed by atoms with van der Waals surface area (Å²) in [7, 11) is -1.17. The fourth-order valence-corrected chi connectivity index (χ4v) is 5.80. The molecule has 2 aromatic rings. The van der Waals surface area contributed by atoms with Crippen molar-refractivity contribution in [3.05, 3.63) is 54.1 Å². The number of rotatable bonds is 7. The van der Waals surface area contributed by atoms with E-state index in [1.54, 1.807) is 19.2 Å². The van der Waals surface area contributed by atoms with E-state index >= 15 is 0 Å². The van der Waals surface area contributed by atoms with Gasteiger partial charge in [-0.25, -0.2) is 8.42 Å². The van der Waals surface area contributed by atoms with E-state index in [-0.39, 0.29) is 23.5 Å². The molecule has 0 amide bonds. The van der Waals surface area contributed by atoms with Crippen LogP contribution in [-0.4, -0.2) is 56.4 Å². The number of likely N-dealkylation sites (tertiary alicyclic amines) is 1. The highest BCUT2D eigenvalue weighted by atomic mass is 32.2. The Morgan fingerprint density at radius 3 is 2.38 bits per heavy atom. The van der Waals surface area contributed by atoms with Crippen LogP contribution < -0.4 is 9.47 Å². The molecule has 1 aliphatic heterocycles. The van der Waals surface area contributed by atoms with Gasteiger partial charge in [0.25, 0.3) is 0 Å². The number of aliphatic carboxylic acids is 1. The van der Waals surface area contributed by atoms with Crippen molar-refractivity contribution in [2.45, 2.75) is 29.0 Å². The van der Waals surface area contributed by atoms with E-state index in [0.29, 0.717) is 19.6 Å². The smallest absolute Gasteiger partial charge is 0.325 e. The van der Waals surface area contributed by atoms with E-state index in [2.05, 4.69) is 4.90 Å². The Balaban J connectivity index is 1.84. The second-order valence-electron chi connectivity index (χ2n) is 7.08. The molecule has 8 heteroatoms. The van der Waals surface area contributed by atoms with Gasteiger partial charge in [0.15, 0.2) is 14.6 Å². The van der Waals surface area contributed by atoms with E-state index < -0.39 is 20.6 Å². The van der Waals surface area contributed by atoms with Crippen molar-refractivity contribution in [1.29, 1.82) is 0 Å². The zero-order chi connectivity index (χ0) is 21.1. The first kappa shape index (κ1) is 21.1. The minimum absolute atomic E-state index is 0.00663. The Labute approximate surface area is 170 Å². The lowest BCUT2D eigenvalue weighted by Gasteiger charge is -2.38. The van der Waals surface area contributed by atoms with Gasteiger partial charge in [0, 0.05) is 19.6 Å². The van der Waals surface area contributed by atoms with Crippen molar-refractivity contribution < 1.29 is 27.8 Å². The van der Waals surface area contributed by atoms with E-state index in [1.165, 1.54) is 19.2 Å². The number of nitrogens with zero attached hydrogens (tertiary/aromatic N) is 1. The Kier molecular flexibility index (Phi) is 6.14. The minimum atomic E-state index is -4.14. The maximum atomic E-state index is 13.4. The average Bonchev–Trinajstić information content (AvgIpc) is 2.74. The highest BCUT2D eigenvalue weighted by molar-refractivity contribution is 7.93. The fourth-order valence-electron chi connectivity index (χ4n) is 3.75. The van der Waals surface area contributed by atoms with Crippen LogP contribution in [0.3, 0.4) is 0 Å². The highest BCUT2D eigenvalue weighted by Crippen LogP contribution is 2.39. The van der Waals surface area contributed by atoms with Crippen LogP contribution in [0.2, 0.25) is 0 Å². The summed E-state index contributed by atoms with van der Waals surface area (Å²) in [5, 5.41) is 9.94. The number of piperidine rings is 1. The summed E-state index contributed by atoms with van der Waals surface area (Å²) in [6.07, 6.45) is 0.0133. The highest BCUT2D eigenvalue weighted by Gasteiger charge is 2.54. The number of carboxylic acid groups (broad SMARTS) is 1. The van der Waals surface area contributed by atoms with Gasteiger partial charge in [-0.1, -0.05) is 24.3 Å². The molecule has 3 rings (SSSR count). The number of benzene rings is 2. The standard InChI is InChI=1S/C21H25NO6S/c1-27-17-7-5-6-16(14-17)15-22-12-10-21(11-13-22,20(23)24)29(25,26)19-9-4-3-8-18(19)28-2/h3-9,14H,10-13,15H2,1-2H3,(H,23,24). The van der Waals surface area contributed by atoms with Crippen LogP contribution in [-0.2, 0) is 21.2 Å². The minimum Gasteiger partial charge on any atom is -0.497 e. The summed E-state index contributed by atoms with van der Waals surface area (Å²) in [6, 6.07) is 13.8. The number of sulfone groups is 1. The van der Waals surface area contributed by atoms with Crippen molar-refractivity contribution in [3.63, 3.8) is 0 Å². The number of para-hydroxylation sites is 1. The molecule has 0 unspecified atom stereocenters. The Bertz CT molecular complexity index is 980. The maximum absolute atomic E-state index is 13.4. The third-order valence-corrected chi connectivity index (χ3v) is 7.99. The van der Waals surface area contributed by atoms with Crippen LogP contribution >= 0.6 is 0 Å². The molecule has 1 saturated heterocycles. The topological polar surface area (TPSA) is 93.1 Å². The van der Waals surface area contributed by atoms with Gasteiger partial charge in [-0.05, 0) is 42.7 Å². The monoisotopic (exact) mass is 419 g/mol. The number of carboxylic acids is 1. The Morgan fingerprint density at radius 2 is 1.76 bits per heavy atom. The first-order valence-corrected chi connectivity index (χ1v) is 10.8. The third kappa shape index (κ3) is 3.95. The van der Waals surface area contributed by atoms with Gasteiger partial charge in [-0.2, -0.15) is 0 Å². The lowest BCUT2D eigenvalue weighted by molar-refractivity contribution is -0.141. The van der Waals surface area contributed by atoms with Gasteiger partial charge < -0.3 is 14.6 Å². The summed E-state index contributed by atoms with van der Waals surface area (Å²) in [4.78, 5) is 14.2. The van der Waals surface area contributed by atoms with Gasteiger partial charge in [-0.15, -0.1) is 0 Å². The lowest BCUT2D eigenvalue weighted by Crippen LogP contribution is -2.54. The van der Waals surface area contributed by atoms with Gasteiger partial charge >= 0.3 is 5.97 Å². The molecule has 2 aromatic carbocycles. The predicted molar refractivity (Wildman–Crippen MR) is 108 cm³/mol. The number of ether oxygens (including phenoxy) is 2. The van der Waals surface area contributed by atoms with E-state index in [1.807, 2.05) is 24.3 Å². The predicted octanol–water partition coefficient (Wildman–Crippen LogP) is 2.60. The maximum Gasteiger partial charge on any atom is 0.325 e. The number of hydrogen-bond donors (Lipinski definition) is 1. The molecular formula is C21H25NO6S. The van der Waals surface area contributed by atoms with Gasteiger partial charge in [-0.3, -0.25) is 9.69 Å². The first-order chi connectivity index (χ1) is 13.8. The SMILES string of the molecule is COc1cccc(CN2CCC(C(=O)O)(S(=O)(=O)c3ccccc3OC)CC2)c1. The molecule has 1 heterocycles. The molecule has 1 aliphatic rings. The van der Waals surface area contributed by atoms with Crippen LogP contribution in [0.5, 0.6) is 11.5 Å². The summed E-state index contributed by atoms with van der Waals surface area (Å²) >= 11 is 0. The summed E-state index contributed by atoms with van der Waals surface area (Å²) < 4.78 is 35.3. The van der Waals surface area contributed by atoms with Crippen molar-refractivity contribution in [2.24, 2.45) is 0 Å². The lowest BCUT2D eigenvalue weighted by atomic mass is 9.95. The van der Waals surface area contributed by atoms with Crippen LogP contribution in [0.1, 0.15) is 18.4 Å². The van der Waals surface area contributed by atoms with Crippen LogP contribution in [0, 0.1) is 0 Å². The van der Waals surface area contributed by atoms with Crippen molar-refractivity contribution in [2.75, 3.05) is 27.3 Å². The zero-order valence-corrected chi connectivity index (χ0v) is 17.3. The van der Waals surface area contributed by atoms with Crippen molar-refractivity contribution in [3.8, 4) is 11.5 Å². The van der Waals surface area contributed by atoms with Gasteiger partial charge in [0.2, 0.25) is 0 Å². The molecule has 0 aliphatic carbocycles. The molecule has 7 nitrogen and oxygen atoms in total. The second kappa shape index (κ2) is 8.42. The second-order valence-corrected chi connectivity index (χ2v) is 9.31. The molecule has 0 spiro atoms. The number of methoxy groups -OCH3 is 2. The van der Waals surface area contributed by atoms with Crippen LogP contribution in [0.15, 0.2) is 53.4 Å². The quantitative estimate of drug-likeness (QED) is 0.737. The number of hydrogen-bond acceptors (Lipinski definition) is 6. The normalized spacial score (nSPS) is 16.9. The molecule has 0 radical (unpaired) electrons. The van der Waals surface area contributed by atoms with Crippen molar-refractivity contribution >= 4 is 15.8 Å². The molecule has 0 aromatic heterocycles.